The van der Waals surface area contributed by atoms with Crippen molar-refractivity contribution >= 4 is 5.69 Å². The molecule has 4 rings (SSSR count). The van der Waals surface area contributed by atoms with Gasteiger partial charge in [0, 0.05) is 38.4 Å². The van der Waals surface area contributed by atoms with Gasteiger partial charge in [0.25, 0.3) is 0 Å². The molecule has 1 aromatic carbocycles. The molecular formula is C17H27N3. The van der Waals surface area contributed by atoms with Gasteiger partial charge in [-0.25, -0.2) is 0 Å². The van der Waals surface area contributed by atoms with E-state index >= 15 is 0 Å². The van der Waals surface area contributed by atoms with Gasteiger partial charge >= 0.3 is 0 Å². The Morgan fingerprint density at radius 2 is 1.80 bits per heavy atom. The zero-order valence-corrected chi connectivity index (χ0v) is 13.0. The van der Waals surface area contributed by atoms with Crippen LogP contribution in [-0.4, -0.2) is 44.7 Å². The van der Waals surface area contributed by atoms with Gasteiger partial charge in [-0.05, 0) is 56.5 Å². The lowest BCUT2D eigenvalue weighted by Crippen LogP contribution is -2.56. The highest BCUT2D eigenvalue weighted by molar-refractivity contribution is 5.46. The molecule has 0 aromatic heterocycles. The highest BCUT2D eigenvalue weighted by Gasteiger charge is 2.34. The van der Waals surface area contributed by atoms with Crippen LogP contribution in [0, 0.1) is 5.92 Å². The summed E-state index contributed by atoms with van der Waals surface area (Å²) in [6.45, 7) is 6.16. The molecule has 3 aliphatic rings. The zero-order valence-electron chi connectivity index (χ0n) is 13.0. The van der Waals surface area contributed by atoms with Crippen molar-refractivity contribution in [2.45, 2.75) is 31.8 Å². The van der Waals surface area contributed by atoms with Crippen molar-refractivity contribution in [3.63, 3.8) is 0 Å². The minimum Gasteiger partial charge on any atom is -0.378 e. The quantitative estimate of drug-likeness (QED) is 0.909. The van der Waals surface area contributed by atoms with E-state index in [-0.39, 0.29) is 0 Å². The number of fused-ring (bicyclic) bond motifs is 3. The summed E-state index contributed by atoms with van der Waals surface area (Å²) in [6.07, 6.45) is 2.76. The van der Waals surface area contributed by atoms with Crippen molar-refractivity contribution in [1.82, 2.24) is 10.2 Å². The van der Waals surface area contributed by atoms with Gasteiger partial charge in [-0.1, -0.05) is 12.1 Å². The molecule has 3 heterocycles. The Morgan fingerprint density at radius 1 is 1.15 bits per heavy atom. The van der Waals surface area contributed by atoms with Crippen molar-refractivity contribution in [3.05, 3.63) is 29.8 Å². The van der Waals surface area contributed by atoms with Crippen LogP contribution < -0.4 is 10.2 Å². The van der Waals surface area contributed by atoms with Gasteiger partial charge in [0.15, 0.2) is 0 Å². The summed E-state index contributed by atoms with van der Waals surface area (Å²) in [5, 5.41) is 3.86. The molecule has 1 aromatic rings. The van der Waals surface area contributed by atoms with Crippen LogP contribution in [0.1, 0.15) is 31.4 Å². The molecule has 2 unspecified atom stereocenters. The van der Waals surface area contributed by atoms with E-state index in [1.165, 1.54) is 43.7 Å². The largest absolute Gasteiger partial charge is 0.378 e. The van der Waals surface area contributed by atoms with E-state index in [9.17, 15) is 0 Å². The Balaban J connectivity index is 1.62. The van der Waals surface area contributed by atoms with Gasteiger partial charge in [0.2, 0.25) is 0 Å². The van der Waals surface area contributed by atoms with Gasteiger partial charge in [-0.15, -0.1) is 0 Å². The molecule has 0 saturated carbocycles. The van der Waals surface area contributed by atoms with Crippen molar-refractivity contribution in [3.8, 4) is 0 Å². The molecule has 3 fully saturated rings. The minimum absolute atomic E-state index is 0.441. The fourth-order valence-corrected chi connectivity index (χ4v) is 3.63. The standard InChI is InChI=1S/C17H27N3/c1-13(14-4-6-16(7-5-14)19(2)3)18-17-12-20-10-8-15(17)9-11-20/h4-7,13,15,17-18H,8-12H2,1-3H3. The lowest BCUT2D eigenvalue weighted by molar-refractivity contribution is 0.0680. The SMILES string of the molecule is CC(NC1CN2CCC1CC2)c1ccc(N(C)C)cc1. The maximum atomic E-state index is 3.86. The van der Waals surface area contributed by atoms with E-state index < -0.39 is 0 Å². The van der Waals surface area contributed by atoms with Gasteiger partial charge in [0.05, 0.1) is 0 Å². The Kier molecular flexibility index (Phi) is 3.99. The van der Waals surface area contributed by atoms with Gasteiger partial charge in [0.1, 0.15) is 0 Å². The predicted molar refractivity (Wildman–Crippen MR) is 85.3 cm³/mol. The van der Waals surface area contributed by atoms with Crippen LogP contribution in [-0.2, 0) is 0 Å². The number of rotatable bonds is 4. The van der Waals surface area contributed by atoms with E-state index in [2.05, 4.69) is 60.4 Å². The number of benzene rings is 1. The second-order valence-corrected chi connectivity index (χ2v) is 6.62. The first kappa shape index (κ1) is 13.9. The third-order valence-corrected chi connectivity index (χ3v) is 5.03. The Hall–Kier alpha value is -1.06. The minimum atomic E-state index is 0.441. The molecule has 2 bridgehead atoms. The van der Waals surface area contributed by atoms with Crippen molar-refractivity contribution in [2.75, 3.05) is 38.6 Å². The summed E-state index contributed by atoms with van der Waals surface area (Å²) in [7, 11) is 4.17. The Labute approximate surface area is 123 Å². The molecule has 3 saturated heterocycles. The molecule has 3 aliphatic heterocycles. The highest BCUT2D eigenvalue weighted by atomic mass is 15.2. The average molecular weight is 273 g/mol. The number of nitrogens with zero attached hydrogens (tertiary/aromatic N) is 2. The van der Waals surface area contributed by atoms with Gasteiger partial charge in [-0.2, -0.15) is 0 Å². The fraction of sp³-hybridized carbons (Fsp3) is 0.647. The summed E-state index contributed by atoms with van der Waals surface area (Å²) < 4.78 is 0. The molecule has 0 spiro atoms. The normalized spacial score (nSPS) is 30.2. The molecule has 20 heavy (non-hydrogen) atoms. The van der Waals surface area contributed by atoms with Crippen molar-refractivity contribution < 1.29 is 0 Å². The van der Waals surface area contributed by atoms with Crippen LogP contribution in [0.2, 0.25) is 0 Å². The number of piperidine rings is 3. The van der Waals surface area contributed by atoms with Crippen LogP contribution in [0.3, 0.4) is 0 Å². The van der Waals surface area contributed by atoms with E-state index in [4.69, 9.17) is 0 Å². The summed E-state index contributed by atoms with van der Waals surface area (Å²) in [4.78, 5) is 4.76. The second-order valence-electron chi connectivity index (χ2n) is 6.62. The number of nitrogens with one attached hydrogen (secondary N) is 1. The molecule has 0 aliphatic carbocycles. The molecular weight excluding hydrogens is 246 g/mol. The zero-order chi connectivity index (χ0) is 14.1. The highest BCUT2D eigenvalue weighted by Crippen LogP contribution is 2.29. The summed E-state index contributed by atoms with van der Waals surface area (Å²) >= 11 is 0. The molecule has 1 N–H and O–H groups in total. The lowest BCUT2D eigenvalue weighted by Gasteiger charge is -2.46. The van der Waals surface area contributed by atoms with E-state index in [0.29, 0.717) is 12.1 Å². The number of hydrogen-bond acceptors (Lipinski definition) is 3. The van der Waals surface area contributed by atoms with Crippen molar-refractivity contribution in [1.29, 1.82) is 0 Å². The average Bonchev–Trinajstić information content (AvgIpc) is 2.48. The maximum absolute atomic E-state index is 3.86. The third kappa shape index (κ3) is 2.84. The van der Waals surface area contributed by atoms with Crippen LogP contribution in [0.4, 0.5) is 5.69 Å². The molecule has 3 heteroatoms. The molecule has 110 valence electrons. The van der Waals surface area contributed by atoms with Crippen LogP contribution in [0.5, 0.6) is 0 Å². The maximum Gasteiger partial charge on any atom is 0.0361 e. The first-order valence-electron chi connectivity index (χ1n) is 7.89. The predicted octanol–water partition coefficient (Wildman–Crippen LogP) is 2.50. The Morgan fingerprint density at radius 3 is 2.30 bits per heavy atom. The van der Waals surface area contributed by atoms with Gasteiger partial charge in [-0.3, -0.25) is 0 Å². The van der Waals surface area contributed by atoms with Crippen LogP contribution >= 0.6 is 0 Å². The molecule has 3 nitrogen and oxygen atoms in total. The Bertz CT molecular complexity index is 432. The lowest BCUT2D eigenvalue weighted by atomic mass is 9.83. The first-order chi connectivity index (χ1) is 9.63. The van der Waals surface area contributed by atoms with E-state index in [0.717, 1.165) is 5.92 Å². The monoisotopic (exact) mass is 273 g/mol. The number of hydrogen-bond donors (Lipinski definition) is 1. The molecule has 0 radical (unpaired) electrons. The second kappa shape index (κ2) is 5.74. The summed E-state index contributed by atoms with van der Waals surface area (Å²) in [5.74, 6) is 0.892. The van der Waals surface area contributed by atoms with Crippen LogP contribution in [0.25, 0.3) is 0 Å². The molecule has 0 amide bonds. The molecule has 2 atom stereocenters. The van der Waals surface area contributed by atoms with Gasteiger partial charge < -0.3 is 15.1 Å². The fourth-order valence-electron chi connectivity index (χ4n) is 3.63. The number of anilines is 1. The summed E-state index contributed by atoms with van der Waals surface area (Å²) in [6, 6.07) is 10.1. The smallest absolute Gasteiger partial charge is 0.0361 e. The van der Waals surface area contributed by atoms with E-state index in [1.54, 1.807) is 0 Å². The third-order valence-electron chi connectivity index (χ3n) is 5.03. The topological polar surface area (TPSA) is 18.5 Å². The first-order valence-corrected chi connectivity index (χ1v) is 7.89. The van der Waals surface area contributed by atoms with Crippen LogP contribution in [0.15, 0.2) is 24.3 Å². The summed E-state index contributed by atoms with van der Waals surface area (Å²) in [5.41, 5.74) is 2.66. The van der Waals surface area contributed by atoms with E-state index in [1.807, 2.05) is 0 Å². The van der Waals surface area contributed by atoms with Crippen molar-refractivity contribution in [2.24, 2.45) is 5.92 Å².